The van der Waals surface area contributed by atoms with Crippen LogP contribution < -0.4 is 14.4 Å². The van der Waals surface area contributed by atoms with Gasteiger partial charge >= 0.3 is 0 Å². The molecule has 1 aromatic carbocycles. The van der Waals surface area contributed by atoms with E-state index in [9.17, 15) is 0 Å². The summed E-state index contributed by atoms with van der Waals surface area (Å²) in [5, 5.41) is 0.692. The molecule has 0 spiro atoms. The van der Waals surface area contributed by atoms with Gasteiger partial charge in [-0.15, -0.1) is 0 Å². The van der Waals surface area contributed by atoms with Gasteiger partial charge in [0.25, 0.3) is 0 Å². The maximum Gasteiger partial charge on any atom is 0.234 e. The second-order valence-corrected chi connectivity index (χ2v) is 5.50. The van der Waals surface area contributed by atoms with Crippen molar-refractivity contribution < 1.29 is 9.47 Å². The number of aromatic nitrogens is 2. The fraction of sp³-hybridized carbons (Fsp3) is 0.375. The fourth-order valence-corrected chi connectivity index (χ4v) is 2.47. The smallest absolute Gasteiger partial charge is 0.234 e. The largest absolute Gasteiger partial charge is 0.490 e. The van der Waals surface area contributed by atoms with Gasteiger partial charge in [-0.2, -0.15) is 4.98 Å². The first kappa shape index (κ1) is 14.9. The van der Waals surface area contributed by atoms with Crippen molar-refractivity contribution in [3.8, 4) is 11.6 Å². The van der Waals surface area contributed by atoms with E-state index in [1.54, 1.807) is 24.5 Å². The number of benzene rings is 1. The summed E-state index contributed by atoms with van der Waals surface area (Å²) in [6, 6.07) is 7.25. The Bertz CT molecular complexity index is 601. The lowest BCUT2D eigenvalue weighted by molar-refractivity contribution is 0.211. The second kappa shape index (κ2) is 7.31. The van der Waals surface area contributed by atoms with Gasteiger partial charge in [0, 0.05) is 18.1 Å². The third kappa shape index (κ3) is 4.01. The summed E-state index contributed by atoms with van der Waals surface area (Å²) >= 11 is 5.82. The molecule has 5 nitrogen and oxygen atoms in total. The average Bonchev–Trinajstić information content (AvgIpc) is 3.08. The fourth-order valence-electron chi connectivity index (χ4n) is 2.34. The van der Waals surface area contributed by atoms with Crippen LogP contribution in [0, 0.1) is 0 Å². The number of rotatable bonds is 6. The highest BCUT2D eigenvalue weighted by Gasteiger charge is 2.14. The van der Waals surface area contributed by atoms with Crippen molar-refractivity contribution in [3.05, 3.63) is 41.7 Å². The minimum absolute atomic E-state index is 0.417. The maximum atomic E-state index is 5.82. The van der Waals surface area contributed by atoms with Crippen molar-refractivity contribution in [2.75, 3.05) is 31.2 Å². The van der Waals surface area contributed by atoms with Crippen LogP contribution in [0.15, 0.2) is 36.7 Å². The van der Waals surface area contributed by atoms with E-state index < -0.39 is 0 Å². The van der Waals surface area contributed by atoms with Gasteiger partial charge in [-0.1, -0.05) is 11.6 Å². The molecular weight excluding hydrogens is 302 g/mol. The predicted molar refractivity (Wildman–Crippen MR) is 85.9 cm³/mol. The lowest BCUT2D eigenvalue weighted by Crippen LogP contribution is -2.19. The van der Waals surface area contributed by atoms with Crippen LogP contribution in [0.3, 0.4) is 0 Å². The molecule has 0 aliphatic carbocycles. The molecule has 1 fully saturated rings. The van der Waals surface area contributed by atoms with Gasteiger partial charge in [0.2, 0.25) is 5.88 Å². The molecule has 1 aliphatic heterocycles. The van der Waals surface area contributed by atoms with Gasteiger partial charge in [-0.25, -0.2) is 0 Å². The summed E-state index contributed by atoms with van der Waals surface area (Å²) in [7, 11) is 0. The van der Waals surface area contributed by atoms with Crippen LogP contribution in [0.2, 0.25) is 5.02 Å². The van der Waals surface area contributed by atoms with Gasteiger partial charge in [0.1, 0.15) is 19.0 Å². The SMILES string of the molecule is Clc1ccc(OCCOc2cncc(N3CCCC3)n2)cc1. The quantitative estimate of drug-likeness (QED) is 0.765. The number of nitrogens with zero attached hydrogens (tertiary/aromatic N) is 3. The van der Waals surface area contributed by atoms with E-state index in [2.05, 4.69) is 14.9 Å². The van der Waals surface area contributed by atoms with Crippen LogP contribution >= 0.6 is 11.6 Å². The zero-order valence-corrected chi connectivity index (χ0v) is 13.0. The number of hydrogen-bond acceptors (Lipinski definition) is 5. The lowest BCUT2D eigenvalue weighted by Gasteiger charge is -2.16. The molecule has 0 bridgehead atoms. The van der Waals surface area contributed by atoms with Gasteiger partial charge in [0.05, 0.1) is 12.4 Å². The Kier molecular flexibility index (Phi) is 4.96. The molecule has 0 radical (unpaired) electrons. The van der Waals surface area contributed by atoms with Crippen molar-refractivity contribution in [2.24, 2.45) is 0 Å². The Balaban J connectivity index is 1.47. The van der Waals surface area contributed by atoms with Crippen LogP contribution in [0.25, 0.3) is 0 Å². The highest BCUT2D eigenvalue weighted by molar-refractivity contribution is 6.30. The highest BCUT2D eigenvalue weighted by Crippen LogP contribution is 2.19. The number of hydrogen-bond donors (Lipinski definition) is 0. The normalized spacial score (nSPS) is 14.1. The monoisotopic (exact) mass is 319 g/mol. The Labute approximate surface area is 134 Å². The first-order valence-corrected chi connectivity index (χ1v) is 7.77. The molecule has 0 N–H and O–H groups in total. The summed E-state index contributed by atoms with van der Waals surface area (Å²) in [5.41, 5.74) is 0. The Hall–Kier alpha value is -2.01. The average molecular weight is 320 g/mol. The lowest BCUT2D eigenvalue weighted by atomic mass is 10.3. The molecule has 116 valence electrons. The van der Waals surface area contributed by atoms with Crippen molar-refractivity contribution in [1.82, 2.24) is 9.97 Å². The Morgan fingerprint density at radius 2 is 1.73 bits per heavy atom. The molecule has 1 aromatic heterocycles. The minimum atomic E-state index is 0.417. The Morgan fingerprint density at radius 1 is 1.00 bits per heavy atom. The van der Waals surface area contributed by atoms with E-state index in [1.807, 2.05) is 12.1 Å². The summed E-state index contributed by atoms with van der Waals surface area (Å²) in [6.07, 6.45) is 5.83. The van der Waals surface area contributed by atoms with E-state index in [4.69, 9.17) is 21.1 Å². The Morgan fingerprint density at radius 3 is 2.50 bits per heavy atom. The number of ether oxygens (including phenoxy) is 2. The molecule has 0 unspecified atom stereocenters. The van der Waals surface area contributed by atoms with Crippen LogP contribution in [-0.2, 0) is 0 Å². The maximum absolute atomic E-state index is 5.82. The third-order valence-electron chi connectivity index (χ3n) is 3.45. The van der Waals surface area contributed by atoms with Crippen molar-refractivity contribution in [1.29, 1.82) is 0 Å². The molecule has 2 heterocycles. The van der Waals surface area contributed by atoms with Gasteiger partial charge in [-0.3, -0.25) is 4.98 Å². The third-order valence-corrected chi connectivity index (χ3v) is 3.70. The minimum Gasteiger partial charge on any atom is -0.490 e. The van der Waals surface area contributed by atoms with Crippen molar-refractivity contribution in [2.45, 2.75) is 12.8 Å². The highest BCUT2D eigenvalue weighted by atomic mass is 35.5. The zero-order chi connectivity index (χ0) is 15.2. The van der Waals surface area contributed by atoms with E-state index in [0.29, 0.717) is 24.1 Å². The van der Waals surface area contributed by atoms with Crippen LogP contribution in [0.1, 0.15) is 12.8 Å². The molecule has 0 amide bonds. The van der Waals surface area contributed by atoms with Gasteiger partial charge < -0.3 is 14.4 Å². The van der Waals surface area contributed by atoms with Gasteiger partial charge in [0.15, 0.2) is 5.82 Å². The molecular formula is C16H18ClN3O2. The van der Waals surface area contributed by atoms with E-state index >= 15 is 0 Å². The van der Waals surface area contributed by atoms with E-state index in [-0.39, 0.29) is 0 Å². The summed E-state index contributed by atoms with van der Waals surface area (Å²) in [5.74, 6) is 2.18. The molecule has 6 heteroatoms. The molecule has 1 saturated heterocycles. The van der Waals surface area contributed by atoms with Crippen molar-refractivity contribution in [3.63, 3.8) is 0 Å². The summed E-state index contributed by atoms with van der Waals surface area (Å²) < 4.78 is 11.2. The van der Waals surface area contributed by atoms with E-state index in [0.717, 1.165) is 24.7 Å². The van der Waals surface area contributed by atoms with Crippen molar-refractivity contribution >= 4 is 17.4 Å². The summed E-state index contributed by atoms with van der Waals surface area (Å²) in [6.45, 7) is 2.94. The molecule has 0 saturated carbocycles. The predicted octanol–water partition coefficient (Wildman–Crippen LogP) is 3.19. The summed E-state index contributed by atoms with van der Waals surface area (Å²) in [4.78, 5) is 10.9. The van der Waals surface area contributed by atoms with E-state index in [1.165, 1.54) is 12.8 Å². The molecule has 1 aliphatic rings. The molecule has 0 atom stereocenters. The molecule has 3 rings (SSSR count). The topological polar surface area (TPSA) is 47.5 Å². The standard InChI is InChI=1S/C16H18ClN3O2/c17-13-3-5-14(6-4-13)21-9-10-22-16-12-18-11-15(19-16)20-7-1-2-8-20/h3-6,11-12H,1-2,7-10H2. The van der Waals surface area contributed by atoms with Gasteiger partial charge in [-0.05, 0) is 37.1 Å². The number of anilines is 1. The molecule has 22 heavy (non-hydrogen) atoms. The first-order valence-electron chi connectivity index (χ1n) is 7.39. The zero-order valence-electron chi connectivity index (χ0n) is 12.2. The van der Waals surface area contributed by atoms with Crippen LogP contribution in [0.4, 0.5) is 5.82 Å². The number of halogens is 1. The second-order valence-electron chi connectivity index (χ2n) is 5.06. The molecule has 2 aromatic rings. The van der Waals surface area contributed by atoms with Crippen LogP contribution in [-0.4, -0.2) is 36.3 Å². The van der Waals surface area contributed by atoms with Crippen LogP contribution in [0.5, 0.6) is 11.6 Å². The first-order chi connectivity index (χ1) is 10.8.